The third-order valence-corrected chi connectivity index (χ3v) is 6.35. The second-order valence-electron chi connectivity index (χ2n) is 9.49. The Kier molecular flexibility index (Phi) is 16.1. The molecule has 0 bridgehead atoms. The van der Waals surface area contributed by atoms with Crippen LogP contribution in [-0.4, -0.2) is 29.9 Å². The number of hydrogen-bond donors (Lipinski definition) is 3. The summed E-state index contributed by atoms with van der Waals surface area (Å²) in [4.78, 5) is 15.2. The topological polar surface area (TPSA) is 101 Å². The fraction of sp³-hybridized carbons (Fsp3) is 0.714. The highest BCUT2D eigenvalue weighted by Crippen LogP contribution is 2.32. The molecule has 6 nitrogen and oxygen atoms in total. The maximum absolute atomic E-state index is 11.9. The molecule has 0 amide bonds. The Labute approximate surface area is 207 Å². The molecule has 1 fully saturated rings. The highest BCUT2D eigenvalue weighted by Gasteiger charge is 2.28. The molecule has 6 heteroatoms. The summed E-state index contributed by atoms with van der Waals surface area (Å²) in [6.45, 7) is 10.4. The molecule has 2 rings (SSSR count). The first-order valence-corrected chi connectivity index (χ1v) is 13.4. The number of carbonyl (C=O) groups excluding carboxylic acids is 1. The SMILES string of the molecule is C=C(N)c1ccc(C2CCC(COC(=O)CCCCCCCCCCC)O2)[nH]1.CCC(C)C=N. The van der Waals surface area contributed by atoms with Crippen LogP contribution in [0.15, 0.2) is 18.7 Å². The summed E-state index contributed by atoms with van der Waals surface area (Å²) in [5, 5.41) is 6.68. The van der Waals surface area contributed by atoms with E-state index in [2.05, 4.69) is 25.4 Å². The molecular formula is C28H49N3O3. The van der Waals surface area contributed by atoms with Crippen molar-refractivity contribution in [3.8, 4) is 0 Å². The van der Waals surface area contributed by atoms with Gasteiger partial charge in [-0.05, 0) is 49.9 Å². The number of esters is 1. The minimum absolute atomic E-state index is 0.00845. The van der Waals surface area contributed by atoms with Gasteiger partial charge < -0.3 is 25.6 Å². The highest BCUT2D eigenvalue weighted by atomic mass is 16.6. The van der Waals surface area contributed by atoms with Crippen LogP contribution in [0.4, 0.5) is 0 Å². The highest BCUT2D eigenvalue weighted by molar-refractivity contribution is 5.69. The van der Waals surface area contributed by atoms with Gasteiger partial charge in [0.1, 0.15) is 6.61 Å². The van der Waals surface area contributed by atoms with Crippen LogP contribution < -0.4 is 5.73 Å². The summed E-state index contributed by atoms with van der Waals surface area (Å²) in [5.41, 5.74) is 8.05. The standard InChI is InChI=1S/C23H38N2O3.C5H11N/c1-3-4-5-6-7-8-9-10-11-12-23(26)27-17-19-13-16-22(28-19)21-15-14-20(25-21)18(2)24;1-3-5(2)4-6/h14-15,19,22,25H,2-13,16-17,24H2,1H3;4-6H,3H2,1-2H3. The average molecular weight is 476 g/mol. The van der Waals surface area contributed by atoms with Crippen LogP contribution in [0.25, 0.3) is 5.70 Å². The van der Waals surface area contributed by atoms with Crippen molar-refractivity contribution in [3.63, 3.8) is 0 Å². The van der Waals surface area contributed by atoms with E-state index < -0.39 is 0 Å². The Hall–Kier alpha value is -2.08. The lowest BCUT2D eigenvalue weighted by atomic mass is 10.1. The zero-order valence-corrected chi connectivity index (χ0v) is 21.9. The zero-order valence-electron chi connectivity index (χ0n) is 21.9. The van der Waals surface area contributed by atoms with E-state index in [1.807, 2.05) is 19.1 Å². The molecule has 1 aromatic heterocycles. The van der Waals surface area contributed by atoms with Crippen LogP contribution in [0, 0.1) is 11.3 Å². The van der Waals surface area contributed by atoms with Gasteiger partial charge in [-0.15, -0.1) is 0 Å². The van der Waals surface area contributed by atoms with E-state index in [4.69, 9.17) is 20.6 Å². The van der Waals surface area contributed by atoms with Crippen LogP contribution in [0.1, 0.15) is 122 Å². The van der Waals surface area contributed by atoms with Gasteiger partial charge in [0.25, 0.3) is 0 Å². The summed E-state index contributed by atoms with van der Waals surface area (Å²) in [6.07, 6.45) is 16.1. The van der Waals surface area contributed by atoms with E-state index in [-0.39, 0.29) is 18.2 Å². The lowest BCUT2D eigenvalue weighted by molar-refractivity contribution is -0.147. The summed E-state index contributed by atoms with van der Waals surface area (Å²) in [7, 11) is 0. The Bertz CT molecular complexity index is 701. The minimum atomic E-state index is -0.100. The number of H-pyrrole nitrogens is 1. The van der Waals surface area contributed by atoms with E-state index in [9.17, 15) is 4.79 Å². The van der Waals surface area contributed by atoms with Gasteiger partial charge in [-0.2, -0.15) is 0 Å². The van der Waals surface area contributed by atoms with Crippen molar-refractivity contribution >= 4 is 17.9 Å². The largest absolute Gasteiger partial charge is 0.463 e. The van der Waals surface area contributed by atoms with Crippen molar-refractivity contribution in [3.05, 3.63) is 30.1 Å². The Morgan fingerprint density at radius 3 is 2.35 bits per heavy atom. The lowest BCUT2D eigenvalue weighted by Gasteiger charge is -2.13. The van der Waals surface area contributed by atoms with E-state index in [0.717, 1.165) is 43.5 Å². The van der Waals surface area contributed by atoms with Gasteiger partial charge in [0, 0.05) is 17.8 Å². The van der Waals surface area contributed by atoms with E-state index in [1.165, 1.54) is 51.2 Å². The quantitative estimate of drug-likeness (QED) is 0.132. The molecule has 0 saturated carbocycles. The van der Waals surface area contributed by atoms with Gasteiger partial charge in [0.2, 0.25) is 0 Å². The lowest BCUT2D eigenvalue weighted by Crippen LogP contribution is -2.18. The Morgan fingerprint density at radius 1 is 1.18 bits per heavy atom. The van der Waals surface area contributed by atoms with Crippen LogP contribution in [0.3, 0.4) is 0 Å². The van der Waals surface area contributed by atoms with Crippen LogP contribution in [-0.2, 0) is 14.3 Å². The molecule has 0 spiro atoms. The second kappa shape index (κ2) is 18.3. The number of carbonyl (C=O) groups is 1. The first-order valence-electron chi connectivity index (χ1n) is 13.4. The third-order valence-electron chi connectivity index (χ3n) is 6.35. The fourth-order valence-corrected chi connectivity index (χ4v) is 3.80. The third kappa shape index (κ3) is 13.0. The molecule has 4 N–H and O–H groups in total. The van der Waals surface area contributed by atoms with Crippen LogP contribution in [0.2, 0.25) is 0 Å². The molecule has 0 radical (unpaired) electrons. The monoisotopic (exact) mass is 475 g/mol. The Balaban J connectivity index is 0.000000852. The first kappa shape index (κ1) is 30.0. The summed E-state index contributed by atoms with van der Waals surface area (Å²) in [6, 6.07) is 3.90. The molecule has 1 aromatic rings. The number of nitrogens with two attached hydrogens (primary N) is 1. The number of nitrogens with one attached hydrogen (secondary N) is 2. The van der Waals surface area contributed by atoms with Crippen molar-refractivity contribution in [1.29, 1.82) is 5.41 Å². The van der Waals surface area contributed by atoms with Gasteiger partial charge in [-0.3, -0.25) is 4.79 Å². The van der Waals surface area contributed by atoms with E-state index >= 15 is 0 Å². The molecule has 1 saturated heterocycles. The van der Waals surface area contributed by atoms with E-state index in [1.54, 1.807) is 0 Å². The van der Waals surface area contributed by atoms with Crippen molar-refractivity contribution in [2.24, 2.45) is 11.7 Å². The van der Waals surface area contributed by atoms with Crippen molar-refractivity contribution in [2.75, 3.05) is 6.61 Å². The summed E-state index contributed by atoms with van der Waals surface area (Å²) < 4.78 is 11.4. The molecule has 1 aliphatic rings. The van der Waals surface area contributed by atoms with Crippen LogP contribution >= 0.6 is 0 Å². The van der Waals surface area contributed by atoms with Crippen molar-refractivity contribution < 1.29 is 14.3 Å². The predicted octanol–water partition coefficient (Wildman–Crippen LogP) is 7.31. The van der Waals surface area contributed by atoms with Crippen molar-refractivity contribution in [1.82, 2.24) is 4.98 Å². The molecule has 0 aliphatic carbocycles. The molecule has 1 aliphatic heterocycles. The summed E-state index contributed by atoms with van der Waals surface area (Å²) in [5.74, 6) is 0.376. The number of aromatic nitrogens is 1. The molecule has 3 atom stereocenters. The minimum Gasteiger partial charge on any atom is -0.463 e. The molecule has 34 heavy (non-hydrogen) atoms. The molecule has 0 aromatic carbocycles. The number of rotatable bonds is 16. The summed E-state index contributed by atoms with van der Waals surface area (Å²) >= 11 is 0. The fourth-order valence-electron chi connectivity index (χ4n) is 3.80. The smallest absolute Gasteiger partial charge is 0.305 e. The maximum atomic E-state index is 11.9. The van der Waals surface area contributed by atoms with E-state index in [0.29, 0.717) is 24.6 Å². The molecule has 3 unspecified atom stereocenters. The van der Waals surface area contributed by atoms with Gasteiger partial charge in [-0.25, -0.2) is 0 Å². The van der Waals surface area contributed by atoms with Crippen molar-refractivity contribution in [2.45, 2.75) is 116 Å². The number of hydrogen-bond acceptors (Lipinski definition) is 5. The van der Waals surface area contributed by atoms with Gasteiger partial charge in [0.15, 0.2) is 0 Å². The number of aromatic amines is 1. The zero-order chi connectivity index (χ0) is 25.2. The molecule has 194 valence electrons. The molecule has 2 heterocycles. The van der Waals surface area contributed by atoms with Gasteiger partial charge >= 0.3 is 5.97 Å². The predicted molar refractivity (Wildman–Crippen MR) is 142 cm³/mol. The Morgan fingerprint density at radius 2 is 1.82 bits per heavy atom. The van der Waals surface area contributed by atoms with Gasteiger partial charge in [0.05, 0.1) is 17.9 Å². The van der Waals surface area contributed by atoms with Gasteiger partial charge in [-0.1, -0.05) is 78.7 Å². The first-order chi connectivity index (χ1) is 16.4. The normalized spacial score (nSPS) is 18.1. The number of unbranched alkanes of at least 4 members (excludes halogenated alkanes) is 8. The number of ether oxygens (including phenoxy) is 2. The van der Waals surface area contributed by atoms with Crippen LogP contribution in [0.5, 0.6) is 0 Å². The maximum Gasteiger partial charge on any atom is 0.305 e. The second-order valence-corrected chi connectivity index (χ2v) is 9.49. The average Bonchev–Trinajstić information content (AvgIpc) is 3.51. The molecular weight excluding hydrogens is 426 g/mol.